The Hall–Kier alpha value is -3.45. The number of amides is 1. The Kier molecular flexibility index (Phi) is 6.32. The molecule has 2 aromatic rings. The van der Waals surface area contributed by atoms with E-state index in [1.165, 1.54) is 25.4 Å². The Morgan fingerprint density at radius 2 is 2.07 bits per heavy atom. The van der Waals surface area contributed by atoms with Gasteiger partial charge >= 0.3 is 0 Å². The molecular weight excluding hydrogens is 391 g/mol. The van der Waals surface area contributed by atoms with E-state index in [2.05, 4.69) is 20.6 Å². The molecule has 0 radical (unpaired) electrons. The van der Waals surface area contributed by atoms with Crippen LogP contribution in [0.1, 0.15) is 29.8 Å². The lowest BCUT2D eigenvalue weighted by Crippen LogP contribution is -2.48. The monoisotopic (exact) mass is 414 g/mol. The van der Waals surface area contributed by atoms with Crippen molar-refractivity contribution < 1.29 is 18.7 Å². The quantitative estimate of drug-likeness (QED) is 0.768. The van der Waals surface area contributed by atoms with Gasteiger partial charge in [-0.2, -0.15) is 10.2 Å². The van der Waals surface area contributed by atoms with Gasteiger partial charge in [0.25, 0.3) is 5.91 Å². The molecule has 2 N–H and O–H groups in total. The molecule has 0 saturated carbocycles. The number of carbonyl (C=O) groups is 1. The second kappa shape index (κ2) is 8.92. The molecule has 1 aromatic carbocycles. The standard InChI is InChI=1S/C20H23FN6O3/c1-11-9-27(10-12(2)30-11)19(28)14-5-17(29-4)16(6-15(14)21)25-20-24-8-13(7-22)18(23-3)26-20/h5-6,8,11-12H,9-10H2,1-4H3,(H2,23,24,25,26). The van der Waals surface area contributed by atoms with Crippen LogP contribution in [-0.4, -0.2) is 60.2 Å². The van der Waals surface area contributed by atoms with Gasteiger partial charge in [0.1, 0.15) is 29.0 Å². The topological polar surface area (TPSA) is 112 Å². The Morgan fingerprint density at radius 3 is 2.67 bits per heavy atom. The van der Waals surface area contributed by atoms with Gasteiger partial charge in [-0.05, 0) is 19.9 Å². The summed E-state index contributed by atoms with van der Waals surface area (Å²) in [5.41, 5.74) is 0.438. The van der Waals surface area contributed by atoms with Crippen LogP contribution < -0.4 is 15.4 Å². The minimum absolute atomic E-state index is 0.0876. The fourth-order valence-corrected chi connectivity index (χ4v) is 3.33. The summed E-state index contributed by atoms with van der Waals surface area (Å²) in [6, 6.07) is 4.50. The summed E-state index contributed by atoms with van der Waals surface area (Å²) in [4.78, 5) is 22.7. The first-order valence-electron chi connectivity index (χ1n) is 9.40. The smallest absolute Gasteiger partial charge is 0.257 e. The summed E-state index contributed by atoms with van der Waals surface area (Å²) >= 11 is 0. The van der Waals surface area contributed by atoms with E-state index < -0.39 is 11.7 Å². The highest BCUT2D eigenvalue weighted by atomic mass is 19.1. The first-order chi connectivity index (χ1) is 14.4. The SMILES string of the molecule is CNc1nc(Nc2cc(F)c(C(=O)N3CC(C)OC(C)C3)cc2OC)ncc1C#N. The molecule has 3 rings (SSSR count). The minimum Gasteiger partial charge on any atom is -0.495 e. The molecule has 1 fully saturated rings. The van der Waals surface area contributed by atoms with Gasteiger partial charge in [0, 0.05) is 26.2 Å². The van der Waals surface area contributed by atoms with Crippen LogP contribution in [0.3, 0.4) is 0 Å². The van der Waals surface area contributed by atoms with Gasteiger partial charge in [0.2, 0.25) is 5.95 Å². The number of methoxy groups -OCH3 is 1. The fraction of sp³-hybridized carbons (Fsp3) is 0.400. The van der Waals surface area contributed by atoms with Crippen LogP contribution >= 0.6 is 0 Å². The van der Waals surface area contributed by atoms with Crippen molar-refractivity contribution in [3.8, 4) is 11.8 Å². The Labute approximate surface area is 173 Å². The lowest BCUT2D eigenvalue weighted by molar-refractivity contribution is -0.0587. The molecule has 2 atom stereocenters. The van der Waals surface area contributed by atoms with E-state index in [1.807, 2.05) is 19.9 Å². The number of nitrogens with one attached hydrogen (secondary N) is 2. The highest BCUT2D eigenvalue weighted by Crippen LogP contribution is 2.31. The third-order valence-electron chi connectivity index (χ3n) is 4.62. The molecule has 0 aliphatic carbocycles. The molecule has 9 nitrogen and oxygen atoms in total. The van der Waals surface area contributed by atoms with E-state index in [0.717, 1.165) is 0 Å². The number of halogens is 1. The van der Waals surface area contributed by atoms with Crippen molar-refractivity contribution in [2.24, 2.45) is 0 Å². The van der Waals surface area contributed by atoms with Crippen molar-refractivity contribution in [3.63, 3.8) is 0 Å². The number of carbonyl (C=O) groups excluding carboxylic acids is 1. The van der Waals surface area contributed by atoms with Crippen LogP contribution in [0.25, 0.3) is 0 Å². The first kappa shape index (κ1) is 21.3. The van der Waals surface area contributed by atoms with Crippen LogP contribution in [0, 0.1) is 17.1 Å². The van der Waals surface area contributed by atoms with Gasteiger partial charge in [-0.1, -0.05) is 0 Å². The second-order valence-corrected chi connectivity index (χ2v) is 6.94. The normalized spacial score (nSPS) is 18.5. The van der Waals surface area contributed by atoms with Crippen molar-refractivity contribution in [1.29, 1.82) is 5.26 Å². The molecule has 1 amide bonds. The average Bonchev–Trinajstić information content (AvgIpc) is 2.72. The summed E-state index contributed by atoms with van der Waals surface area (Å²) in [6.45, 7) is 4.52. The summed E-state index contributed by atoms with van der Waals surface area (Å²) in [5.74, 6) is -0.389. The molecular formula is C20H23FN6O3. The van der Waals surface area contributed by atoms with Crippen LogP contribution in [0.2, 0.25) is 0 Å². The molecule has 1 saturated heterocycles. The molecule has 30 heavy (non-hydrogen) atoms. The predicted octanol–water partition coefficient (Wildman–Crippen LogP) is 2.53. The number of rotatable bonds is 5. The van der Waals surface area contributed by atoms with Crippen molar-refractivity contribution >= 4 is 23.4 Å². The predicted molar refractivity (Wildman–Crippen MR) is 108 cm³/mol. The summed E-state index contributed by atoms with van der Waals surface area (Å²) in [6.07, 6.45) is 1.10. The molecule has 0 bridgehead atoms. The fourth-order valence-electron chi connectivity index (χ4n) is 3.33. The maximum absolute atomic E-state index is 14.9. The molecule has 2 unspecified atom stereocenters. The molecule has 1 aliphatic heterocycles. The van der Waals surface area contributed by atoms with E-state index >= 15 is 0 Å². The highest BCUT2D eigenvalue weighted by molar-refractivity contribution is 5.96. The van der Waals surface area contributed by atoms with E-state index in [9.17, 15) is 9.18 Å². The summed E-state index contributed by atoms with van der Waals surface area (Å²) in [7, 11) is 3.05. The van der Waals surface area contributed by atoms with Gasteiger partial charge in [-0.3, -0.25) is 4.79 Å². The maximum atomic E-state index is 14.9. The third-order valence-corrected chi connectivity index (χ3v) is 4.62. The van der Waals surface area contributed by atoms with E-state index in [-0.39, 0.29) is 40.7 Å². The Morgan fingerprint density at radius 1 is 1.37 bits per heavy atom. The number of morpholine rings is 1. The van der Waals surface area contributed by atoms with Gasteiger partial charge in [-0.15, -0.1) is 0 Å². The van der Waals surface area contributed by atoms with Crippen LogP contribution in [0.5, 0.6) is 5.75 Å². The van der Waals surface area contributed by atoms with Gasteiger partial charge in [0.15, 0.2) is 0 Å². The highest BCUT2D eigenvalue weighted by Gasteiger charge is 2.29. The van der Waals surface area contributed by atoms with Gasteiger partial charge in [-0.25, -0.2) is 9.37 Å². The zero-order valence-electron chi connectivity index (χ0n) is 17.2. The molecule has 10 heteroatoms. The molecule has 1 aromatic heterocycles. The molecule has 0 spiro atoms. The number of anilines is 3. The van der Waals surface area contributed by atoms with E-state index in [1.54, 1.807) is 11.9 Å². The van der Waals surface area contributed by atoms with Gasteiger partial charge < -0.3 is 25.0 Å². The van der Waals surface area contributed by atoms with Crippen LogP contribution in [-0.2, 0) is 4.74 Å². The lowest BCUT2D eigenvalue weighted by atomic mass is 10.1. The molecule has 2 heterocycles. The number of hydrogen-bond acceptors (Lipinski definition) is 8. The van der Waals surface area contributed by atoms with Crippen molar-refractivity contribution in [2.75, 3.05) is 37.9 Å². The molecule has 1 aliphatic rings. The number of nitrogens with zero attached hydrogens (tertiary/aromatic N) is 4. The first-order valence-corrected chi connectivity index (χ1v) is 9.40. The number of aromatic nitrogens is 2. The van der Waals surface area contributed by atoms with Crippen molar-refractivity contribution in [1.82, 2.24) is 14.9 Å². The van der Waals surface area contributed by atoms with E-state index in [4.69, 9.17) is 14.7 Å². The zero-order valence-corrected chi connectivity index (χ0v) is 17.2. The van der Waals surface area contributed by atoms with Crippen LogP contribution in [0.15, 0.2) is 18.3 Å². The number of benzene rings is 1. The minimum atomic E-state index is -0.697. The Bertz CT molecular complexity index is 983. The van der Waals surface area contributed by atoms with Crippen LogP contribution in [0.4, 0.5) is 21.8 Å². The third kappa shape index (κ3) is 4.41. The van der Waals surface area contributed by atoms with Gasteiger partial charge in [0.05, 0.1) is 36.8 Å². The number of nitriles is 1. The van der Waals surface area contributed by atoms with E-state index in [0.29, 0.717) is 18.9 Å². The average molecular weight is 414 g/mol. The summed E-state index contributed by atoms with van der Waals surface area (Å²) in [5, 5.41) is 14.7. The van der Waals surface area contributed by atoms with Crippen molar-refractivity contribution in [2.45, 2.75) is 26.1 Å². The summed E-state index contributed by atoms with van der Waals surface area (Å²) < 4.78 is 25.8. The number of ether oxygens (including phenoxy) is 2. The second-order valence-electron chi connectivity index (χ2n) is 6.94. The maximum Gasteiger partial charge on any atom is 0.257 e. The zero-order chi connectivity index (χ0) is 21.8. The largest absolute Gasteiger partial charge is 0.495 e. The Balaban J connectivity index is 1.89. The number of hydrogen-bond donors (Lipinski definition) is 2. The van der Waals surface area contributed by atoms with Crippen molar-refractivity contribution in [3.05, 3.63) is 35.3 Å². The lowest BCUT2D eigenvalue weighted by Gasteiger charge is -2.35. The molecule has 158 valence electrons.